The number of nitrogens with zero attached hydrogens (tertiary/aromatic N) is 1. The van der Waals surface area contributed by atoms with Crippen LogP contribution in [-0.2, 0) is 26.0 Å². The van der Waals surface area contributed by atoms with Crippen LogP contribution in [0, 0.1) is 6.92 Å². The number of benzene rings is 1. The summed E-state index contributed by atoms with van der Waals surface area (Å²) in [5.41, 5.74) is 1.99. The van der Waals surface area contributed by atoms with Gasteiger partial charge < -0.3 is 15.0 Å². The molecule has 0 aliphatic carbocycles. The highest BCUT2D eigenvalue weighted by Crippen LogP contribution is 2.14. The maximum Gasteiger partial charge on any atom is 0.251 e. The number of aryl methyl sites for hydroxylation is 1. The molecule has 0 bridgehead atoms. The lowest BCUT2D eigenvalue weighted by atomic mass is 10.1. The summed E-state index contributed by atoms with van der Waals surface area (Å²) in [5, 5.41) is 3.52. The summed E-state index contributed by atoms with van der Waals surface area (Å²) >= 11 is 0. The van der Waals surface area contributed by atoms with E-state index >= 15 is 0 Å². The van der Waals surface area contributed by atoms with Crippen molar-refractivity contribution in [3.05, 3.63) is 45.7 Å². The molecule has 27 heavy (non-hydrogen) atoms. The Balaban J connectivity index is 1.55. The molecule has 1 aromatic heterocycles. The van der Waals surface area contributed by atoms with Crippen LogP contribution in [0.15, 0.2) is 29.1 Å². The Labute approximate surface area is 157 Å². The third-order valence-corrected chi connectivity index (χ3v) is 6.38. The first-order chi connectivity index (χ1) is 12.8. The van der Waals surface area contributed by atoms with Crippen LogP contribution in [0.4, 0.5) is 0 Å². The quantitative estimate of drug-likeness (QED) is 0.727. The summed E-state index contributed by atoms with van der Waals surface area (Å²) in [4.78, 5) is 26.5. The number of carbonyl (C=O) groups excluding carboxylic acids is 1. The molecule has 0 saturated carbocycles. The predicted molar refractivity (Wildman–Crippen MR) is 102 cm³/mol. The Hall–Kier alpha value is -2.23. The number of H-pyrrole nitrogens is 1. The summed E-state index contributed by atoms with van der Waals surface area (Å²) in [5.74, 6) is -0.371. The molecule has 1 amide bonds. The number of nitrogens with one attached hydrogen (secondary N) is 2. The van der Waals surface area contributed by atoms with Crippen LogP contribution < -0.4 is 10.9 Å². The van der Waals surface area contributed by atoms with E-state index in [0.29, 0.717) is 37.4 Å². The molecule has 3 rings (SSSR count). The van der Waals surface area contributed by atoms with Crippen LogP contribution in [0.3, 0.4) is 0 Å². The van der Waals surface area contributed by atoms with Crippen LogP contribution in [0.1, 0.15) is 11.1 Å². The predicted octanol–water partition coefficient (Wildman–Crippen LogP) is 0.157. The molecule has 1 fully saturated rings. The van der Waals surface area contributed by atoms with Crippen molar-refractivity contribution in [2.75, 3.05) is 38.6 Å². The van der Waals surface area contributed by atoms with Crippen LogP contribution in [0.5, 0.6) is 0 Å². The Kier molecular flexibility index (Phi) is 5.93. The Morgan fingerprint density at radius 1 is 1.26 bits per heavy atom. The lowest BCUT2D eigenvalue weighted by molar-refractivity contribution is -0.120. The van der Waals surface area contributed by atoms with Crippen molar-refractivity contribution in [2.45, 2.75) is 13.3 Å². The highest BCUT2D eigenvalue weighted by atomic mass is 32.2. The van der Waals surface area contributed by atoms with Crippen molar-refractivity contribution >= 4 is 26.8 Å². The zero-order valence-corrected chi connectivity index (χ0v) is 16.0. The number of carbonyl (C=O) groups is 1. The van der Waals surface area contributed by atoms with Crippen LogP contribution in [-0.4, -0.2) is 62.2 Å². The standard InChI is InChI=1S/C18H23N3O5S/c1-13-10-15-11-14(2-3-16(15)20-18(13)23)12-17(22)19-4-9-27(24,25)21-5-7-26-8-6-21/h2-3,10-11H,4-9,12H2,1H3,(H,19,22)(H,20,23). The van der Waals surface area contributed by atoms with Gasteiger partial charge in [-0.2, -0.15) is 4.31 Å². The highest BCUT2D eigenvalue weighted by molar-refractivity contribution is 7.89. The normalized spacial score (nSPS) is 15.7. The molecule has 1 aliphatic rings. The van der Waals surface area contributed by atoms with E-state index in [2.05, 4.69) is 10.3 Å². The summed E-state index contributed by atoms with van der Waals surface area (Å²) in [6, 6.07) is 7.17. The molecular weight excluding hydrogens is 370 g/mol. The van der Waals surface area contributed by atoms with Crippen molar-refractivity contribution < 1.29 is 17.9 Å². The number of fused-ring (bicyclic) bond motifs is 1. The molecular formula is C18H23N3O5S. The van der Waals surface area contributed by atoms with Gasteiger partial charge in [-0.15, -0.1) is 0 Å². The minimum atomic E-state index is -3.38. The first-order valence-electron chi connectivity index (χ1n) is 8.80. The van der Waals surface area contributed by atoms with Gasteiger partial charge in [0.05, 0.1) is 25.4 Å². The molecule has 2 aromatic rings. The Morgan fingerprint density at radius 2 is 2.00 bits per heavy atom. The van der Waals surface area contributed by atoms with E-state index in [0.717, 1.165) is 10.9 Å². The summed E-state index contributed by atoms with van der Waals surface area (Å²) in [6.07, 6.45) is 0.145. The number of aromatic amines is 1. The van der Waals surface area contributed by atoms with Crippen molar-refractivity contribution in [1.82, 2.24) is 14.6 Å². The largest absolute Gasteiger partial charge is 0.379 e. The molecule has 0 atom stereocenters. The smallest absolute Gasteiger partial charge is 0.251 e. The van der Waals surface area contributed by atoms with Gasteiger partial charge in [0.15, 0.2) is 0 Å². The van der Waals surface area contributed by atoms with Gasteiger partial charge in [0.2, 0.25) is 15.9 Å². The third-order valence-electron chi connectivity index (χ3n) is 4.50. The van der Waals surface area contributed by atoms with Crippen molar-refractivity contribution in [3.63, 3.8) is 0 Å². The van der Waals surface area contributed by atoms with E-state index in [1.165, 1.54) is 4.31 Å². The maximum absolute atomic E-state index is 12.2. The second-order valence-electron chi connectivity index (χ2n) is 6.56. The van der Waals surface area contributed by atoms with E-state index in [1.54, 1.807) is 25.1 Å². The molecule has 0 unspecified atom stereocenters. The van der Waals surface area contributed by atoms with Crippen molar-refractivity contribution in [1.29, 1.82) is 0 Å². The fraction of sp³-hybridized carbons (Fsp3) is 0.444. The second-order valence-corrected chi connectivity index (χ2v) is 8.65. The number of sulfonamides is 1. The first kappa shape index (κ1) is 19.5. The monoisotopic (exact) mass is 393 g/mol. The van der Waals surface area contributed by atoms with Crippen LogP contribution in [0.2, 0.25) is 0 Å². The van der Waals surface area contributed by atoms with Crippen LogP contribution in [0.25, 0.3) is 10.9 Å². The third kappa shape index (κ3) is 4.94. The zero-order chi connectivity index (χ0) is 19.4. The maximum atomic E-state index is 12.2. The average molecular weight is 393 g/mol. The molecule has 1 aliphatic heterocycles. The number of hydrogen-bond donors (Lipinski definition) is 2. The van der Waals surface area contributed by atoms with E-state index < -0.39 is 10.0 Å². The molecule has 9 heteroatoms. The second kappa shape index (κ2) is 8.20. The van der Waals surface area contributed by atoms with Crippen molar-refractivity contribution in [2.24, 2.45) is 0 Å². The lowest BCUT2D eigenvalue weighted by Crippen LogP contribution is -2.43. The number of morpholine rings is 1. The average Bonchev–Trinajstić information content (AvgIpc) is 2.63. The van der Waals surface area contributed by atoms with E-state index in [9.17, 15) is 18.0 Å². The van der Waals surface area contributed by atoms with Gasteiger partial charge >= 0.3 is 0 Å². The number of aromatic nitrogens is 1. The van der Waals surface area contributed by atoms with Gasteiger partial charge in [0.1, 0.15) is 0 Å². The molecule has 2 N–H and O–H groups in total. The molecule has 1 saturated heterocycles. The molecule has 0 spiro atoms. The van der Waals surface area contributed by atoms with E-state index in [4.69, 9.17) is 4.74 Å². The van der Waals surface area contributed by atoms with Gasteiger partial charge in [0.25, 0.3) is 5.56 Å². The molecule has 146 valence electrons. The van der Waals surface area contributed by atoms with E-state index in [-0.39, 0.29) is 30.2 Å². The number of pyridine rings is 1. The lowest BCUT2D eigenvalue weighted by Gasteiger charge is -2.26. The minimum absolute atomic E-state index is 0.0680. The summed E-state index contributed by atoms with van der Waals surface area (Å²) < 4.78 is 31.0. The molecule has 8 nitrogen and oxygen atoms in total. The summed E-state index contributed by atoms with van der Waals surface area (Å²) in [7, 11) is -3.38. The molecule has 2 heterocycles. The van der Waals surface area contributed by atoms with Gasteiger partial charge in [-0.1, -0.05) is 6.07 Å². The van der Waals surface area contributed by atoms with Gasteiger partial charge in [0, 0.05) is 30.7 Å². The van der Waals surface area contributed by atoms with Gasteiger partial charge in [-0.3, -0.25) is 9.59 Å². The zero-order valence-electron chi connectivity index (χ0n) is 15.2. The van der Waals surface area contributed by atoms with Crippen LogP contribution >= 0.6 is 0 Å². The SMILES string of the molecule is Cc1cc2cc(CC(=O)NCCS(=O)(=O)N3CCOCC3)ccc2[nH]c1=O. The van der Waals surface area contributed by atoms with Gasteiger partial charge in [-0.05, 0) is 36.1 Å². The topological polar surface area (TPSA) is 109 Å². The number of ether oxygens (including phenoxy) is 1. The fourth-order valence-corrected chi connectivity index (χ4v) is 4.32. The number of hydrogen-bond acceptors (Lipinski definition) is 5. The van der Waals surface area contributed by atoms with Gasteiger partial charge in [-0.25, -0.2) is 8.42 Å². The Bertz CT molecular complexity index is 994. The van der Waals surface area contributed by atoms with E-state index in [1.807, 2.05) is 6.07 Å². The number of rotatable bonds is 6. The number of amides is 1. The molecule has 1 aromatic carbocycles. The van der Waals surface area contributed by atoms with Crippen molar-refractivity contribution in [3.8, 4) is 0 Å². The minimum Gasteiger partial charge on any atom is -0.379 e. The highest BCUT2D eigenvalue weighted by Gasteiger charge is 2.23. The Morgan fingerprint density at radius 3 is 2.74 bits per heavy atom. The first-order valence-corrected chi connectivity index (χ1v) is 10.4. The summed E-state index contributed by atoms with van der Waals surface area (Å²) in [6.45, 7) is 3.31. The molecule has 0 radical (unpaired) electrons. The fourth-order valence-electron chi connectivity index (χ4n) is 3.00.